The van der Waals surface area contributed by atoms with Gasteiger partial charge in [-0.15, -0.1) is 0 Å². The maximum Gasteiger partial charge on any atom is 0.246 e. The standard InChI is InChI=1S/C22H28ClN3O3/c1-15-3-5-17(6-4-15)12-26-22(23)20(16(2)24-26)7-8-21(29)25-10-18(13-27)9-19(11-25)14-28/h3-8,18-19,27-28H,9-14H2,1-2H3/b8-7+. The molecule has 6 nitrogen and oxygen atoms in total. The molecule has 0 saturated carbocycles. The molecule has 156 valence electrons. The van der Waals surface area contributed by atoms with Crippen LogP contribution in [0.4, 0.5) is 0 Å². The van der Waals surface area contributed by atoms with Crippen LogP contribution in [0, 0.1) is 25.7 Å². The molecule has 2 unspecified atom stereocenters. The summed E-state index contributed by atoms with van der Waals surface area (Å²) in [6, 6.07) is 8.20. The molecule has 1 fully saturated rings. The summed E-state index contributed by atoms with van der Waals surface area (Å²) in [7, 11) is 0. The Morgan fingerprint density at radius 2 is 1.79 bits per heavy atom. The highest BCUT2D eigenvalue weighted by molar-refractivity contribution is 6.31. The van der Waals surface area contributed by atoms with Gasteiger partial charge < -0.3 is 15.1 Å². The summed E-state index contributed by atoms with van der Waals surface area (Å²) >= 11 is 6.53. The molecule has 2 atom stereocenters. The van der Waals surface area contributed by atoms with Crippen molar-refractivity contribution in [2.75, 3.05) is 26.3 Å². The number of carbonyl (C=O) groups excluding carboxylic acids is 1. The van der Waals surface area contributed by atoms with Gasteiger partial charge in [-0.25, -0.2) is 4.68 Å². The topological polar surface area (TPSA) is 78.6 Å². The van der Waals surface area contributed by atoms with Crippen LogP contribution in [0.5, 0.6) is 0 Å². The Bertz CT molecular complexity index is 864. The van der Waals surface area contributed by atoms with E-state index in [-0.39, 0.29) is 31.0 Å². The SMILES string of the molecule is Cc1ccc(Cn2nc(C)c(/C=C/C(=O)N3CC(CO)CC(CO)C3)c2Cl)cc1. The van der Waals surface area contributed by atoms with Gasteiger partial charge in [0.2, 0.25) is 5.91 Å². The zero-order chi connectivity index (χ0) is 21.0. The first-order valence-electron chi connectivity index (χ1n) is 9.88. The van der Waals surface area contributed by atoms with Crippen LogP contribution in [0.1, 0.15) is 28.8 Å². The Morgan fingerprint density at radius 1 is 1.17 bits per heavy atom. The van der Waals surface area contributed by atoms with E-state index in [9.17, 15) is 15.0 Å². The van der Waals surface area contributed by atoms with Gasteiger partial charge in [0.25, 0.3) is 0 Å². The lowest BCUT2D eigenvalue weighted by Crippen LogP contribution is -2.45. The van der Waals surface area contributed by atoms with Crippen molar-refractivity contribution in [1.82, 2.24) is 14.7 Å². The van der Waals surface area contributed by atoms with Crippen LogP contribution >= 0.6 is 11.6 Å². The Balaban J connectivity index is 1.72. The van der Waals surface area contributed by atoms with Crippen LogP contribution in [0.3, 0.4) is 0 Å². The molecule has 2 heterocycles. The Kier molecular flexibility index (Phi) is 7.11. The fraction of sp³-hybridized carbons (Fsp3) is 0.455. The molecular formula is C22H28ClN3O3. The van der Waals surface area contributed by atoms with E-state index < -0.39 is 0 Å². The third kappa shape index (κ3) is 5.26. The van der Waals surface area contributed by atoms with Crippen LogP contribution in [-0.4, -0.2) is 57.1 Å². The summed E-state index contributed by atoms with van der Waals surface area (Å²) in [5.41, 5.74) is 3.78. The smallest absolute Gasteiger partial charge is 0.246 e. The lowest BCUT2D eigenvalue weighted by Gasteiger charge is -2.36. The summed E-state index contributed by atoms with van der Waals surface area (Å²) < 4.78 is 1.73. The highest BCUT2D eigenvalue weighted by Gasteiger charge is 2.28. The van der Waals surface area contributed by atoms with Crippen LogP contribution in [-0.2, 0) is 11.3 Å². The minimum atomic E-state index is -0.150. The number of hydrogen-bond acceptors (Lipinski definition) is 4. The van der Waals surface area contributed by atoms with E-state index in [0.717, 1.165) is 23.2 Å². The van der Waals surface area contributed by atoms with E-state index in [4.69, 9.17) is 11.6 Å². The van der Waals surface area contributed by atoms with E-state index in [0.29, 0.717) is 24.8 Å². The van der Waals surface area contributed by atoms with E-state index in [1.165, 1.54) is 11.6 Å². The molecule has 1 amide bonds. The van der Waals surface area contributed by atoms with Gasteiger partial charge in [0.15, 0.2) is 0 Å². The van der Waals surface area contributed by atoms with Gasteiger partial charge in [0, 0.05) is 49.8 Å². The molecule has 0 radical (unpaired) electrons. The zero-order valence-electron chi connectivity index (χ0n) is 16.9. The number of nitrogens with zero attached hydrogens (tertiary/aromatic N) is 3. The average molecular weight is 418 g/mol. The minimum absolute atomic E-state index is 0.000772. The largest absolute Gasteiger partial charge is 0.396 e. The maximum absolute atomic E-state index is 12.7. The van der Waals surface area contributed by atoms with Crippen LogP contribution in [0.25, 0.3) is 6.08 Å². The number of likely N-dealkylation sites (tertiary alicyclic amines) is 1. The number of amides is 1. The quantitative estimate of drug-likeness (QED) is 0.708. The minimum Gasteiger partial charge on any atom is -0.396 e. The third-order valence-corrected chi connectivity index (χ3v) is 5.81. The van der Waals surface area contributed by atoms with Crippen LogP contribution < -0.4 is 0 Å². The molecule has 2 aromatic rings. The number of piperidine rings is 1. The summed E-state index contributed by atoms with van der Waals surface area (Å²) in [5, 5.41) is 23.9. The monoisotopic (exact) mass is 417 g/mol. The molecular weight excluding hydrogens is 390 g/mol. The van der Waals surface area contributed by atoms with Gasteiger partial charge in [0.1, 0.15) is 5.15 Å². The number of hydrogen-bond donors (Lipinski definition) is 2. The number of benzene rings is 1. The van der Waals surface area contributed by atoms with Crippen LogP contribution in [0.15, 0.2) is 30.3 Å². The molecule has 1 aliphatic rings. The predicted molar refractivity (Wildman–Crippen MR) is 114 cm³/mol. The lowest BCUT2D eigenvalue weighted by molar-refractivity contribution is -0.129. The van der Waals surface area contributed by atoms with Crippen molar-refractivity contribution in [3.63, 3.8) is 0 Å². The van der Waals surface area contributed by atoms with Crippen molar-refractivity contribution >= 4 is 23.6 Å². The molecule has 1 aliphatic heterocycles. The number of aromatic nitrogens is 2. The number of aliphatic hydroxyl groups excluding tert-OH is 2. The summed E-state index contributed by atoms with van der Waals surface area (Å²) in [6.45, 7) is 5.49. The molecule has 0 aliphatic carbocycles. The van der Waals surface area contributed by atoms with E-state index >= 15 is 0 Å². The van der Waals surface area contributed by atoms with Gasteiger partial charge in [0.05, 0.1) is 12.2 Å². The second-order valence-electron chi connectivity index (χ2n) is 7.84. The van der Waals surface area contributed by atoms with Crippen molar-refractivity contribution in [2.45, 2.75) is 26.8 Å². The van der Waals surface area contributed by atoms with Crippen molar-refractivity contribution in [3.05, 3.63) is 57.9 Å². The van der Waals surface area contributed by atoms with E-state index in [2.05, 4.69) is 17.2 Å². The highest BCUT2D eigenvalue weighted by Crippen LogP contribution is 2.24. The fourth-order valence-corrected chi connectivity index (χ4v) is 4.05. The van der Waals surface area contributed by atoms with Crippen molar-refractivity contribution < 1.29 is 15.0 Å². The first-order valence-corrected chi connectivity index (χ1v) is 10.3. The summed E-state index contributed by atoms with van der Waals surface area (Å²) in [6.07, 6.45) is 3.94. The third-order valence-electron chi connectivity index (χ3n) is 5.41. The molecule has 1 aromatic carbocycles. The lowest BCUT2D eigenvalue weighted by atomic mass is 9.90. The number of halogens is 1. The molecule has 7 heteroatoms. The van der Waals surface area contributed by atoms with Crippen molar-refractivity contribution in [3.8, 4) is 0 Å². The fourth-order valence-electron chi connectivity index (χ4n) is 3.75. The molecule has 0 bridgehead atoms. The Hall–Kier alpha value is -2.15. The van der Waals surface area contributed by atoms with Gasteiger partial charge in [-0.2, -0.15) is 5.10 Å². The predicted octanol–water partition coefficient (Wildman–Crippen LogP) is 2.66. The number of carbonyl (C=O) groups is 1. The first-order chi connectivity index (χ1) is 13.9. The second kappa shape index (κ2) is 9.57. The highest BCUT2D eigenvalue weighted by atomic mass is 35.5. The summed E-state index contributed by atoms with van der Waals surface area (Å²) in [5.74, 6) is -0.148. The number of rotatable bonds is 6. The van der Waals surface area contributed by atoms with Gasteiger partial charge >= 0.3 is 0 Å². The zero-order valence-corrected chi connectivity index (χ0v) is 17.6. The molecule has 29 heavy (non-hydrogen) atoms. The van der Waals surface area contributed by atoms with E-state index in [1.807, 2.05) is 26.0 Å². The molecule has 2 N–H and O–H groups in total. The average Bonchev–Trinajstić information content (AvgIpc) is 2.99. The van der Waals surface area contributed by atoms with E-state index in [1.54, 1.807) is 15.7 Å². The first kappa shape index (κ1) is 21.6. The maximum atomic E-state index is 12.7. The Labute approximate surface area is 176 Å². The Morgan fingerprint density at radius 3 is 2.38 bits per heavy atom. The molecule has 3 rings (SSSR count). The van der Waals surface area contributed by atoms with Crippen molar-refractivity contribution in [1.29, 1.82) is 0 Å². The van der Waals surface area contributed by atoms with Crippen LogP contribution in [0.2, 0.25) is 5.15 Å². The molecule has 1 saturated heterocycles. The van der Waals surface area contributed by atoms with Gasteiger partial charge in [-0.05, 0) is 31.9 Å². The number of aliphatic hydroxyl groups is 2. The summed E-state index contributed by atoms with van der Waals surface area (Å²) in [4.78, 5) is 14.3. The number of aryl methyl sites for hydroxylation is 2. The van der Waals surface area contributed by atoms with Crippen molar-refractivity contribution in [2.24, 2.45) is 11.8 Å². The normalized spacial score (nSPS) is 19.8. The molecule has 1 aromatic heterocycles. The molecule has 0 spiro atoms. The van der Waals surface area contributed by atoms with Gasteiger partial charge in [-0.1, -0.05) is 41.4 Å². The van der Waals surface area contributed by atoms with Gasteiger partial charge in [-0.3, -0.25) is 4.79 Å². The second-order valence-corrected chi connectivity index (χ2v) is 8.20.